The third-order valence-corrected chi connectivity index (χ3v) is 4.13. The summed E-state index contributed by atoms with van der Waals surface area (Å²) in [6, 6.07) is 10.6. The van der Waals surface area contributed by atoms with E-state index in [4.69, 9.17) is 0 Å². The normalized spacial score (nSPS) is 18.4. The van der Waals surface area contributed by atoms with Crippen LogP contribution in [0.1, 0.15) is 24.2 Å². The minimum absolute atomic E-state index is 0.859. The van der Waals surface area contributed by atoms with Crippen molar-refractivity contribution in [2.45, 2.75) is 32.4 Å². The summed E-state index contributed by atoms with van der Waals surface area (Å²) in [5.41, 5.74) is 3.81. The molecule has 0 amide bonds. The molecule has 1 saturated carbocycles. The first-order valence-electron chi connectivity index (χ1n) is 7.11. The van der Waals surface area contributed by atoms with E-state index in [1.807, 2.05) is 0 Å². The van der Waals surface area contributed by atoms with E-state index in [1.165, 1.54) is 24.2 Å². The van der Waals surface area contributed by atoms with Gasteiger partial charge in [0.05, 0.1) is 12.2 Å². The molecule has 98 valence electrons. The summed E-state index contributed by atoms with van der Waals surface area (Å²) in [7, 11) is 0. The maximum absolute atomic E-state index is 4.38. The first-order chi connectivity index (χ1) is 9.40. The summed E-state index contributed by atoms with van der Waals surface area (Å²) < 4.78 is 2.15. The quantitative estimate of drug-likeness (QED) is 0.842. The molecule has 0 bridgehead atoms. The van der Waals surface area contributed by atoms with Crippen molar-refractivity contribution >= 4 is 5.69 Å². The topological polar surface area (TPSA) is 34.0 Å². The Balaban J connectivity index is 1.55. The van der Waals surface area contributed by atoms with Gasteiger partial charge in [0, 0.05) is 25.2 Å². The van der Waals surface area contributed by atoms with E-state index >= 15 is 0 Å². The van der Waals surface area contributed by atoms with Crippen molar-refractivity contribution in [1.82, 2.24) is 15.0 Å². The van der Waals surface area contributed by atoms with Crippen LogP contribution in [0.25, 0.3) is 0 Å². The molecule has 0 unspecified atom stereocenters. The Bertz CT molecular complexity index is 571. The molecule has 19 heavy (non-hydrogen) atoms. The van der Waals surface area contributed by atoms with Crippen LogP contribution in [0.5, 0.6) is 0 Å². The number of aromatic nitrogens is 3. The number of fused-ring (bicyclic) bond motifs is 1. The number of rotatable bonds is 3. The second-order valence-electron chi connectivity index (χ2n) is 5.62. The van der Waals surface area contributed by atoms with Crippen molar-refractivity contribution in [3.05, 3.63) is 41.7 Å². The lowest BCUT2D eigenvalue weighted by Crippen LogP contribution is -2.31. The lowest BCUT2D eigenvalue weighted by Gasteiger charge is -2.28. The summed E-state index contributed by atoms with van der Waals surface area (Å²) >= 11 is 0. The number of nitrogens with zero attached hydrogens (tertiary/aromatic N) is 4. The molecule has 1 aliphatic carbocycles. The molecule has 2 aliphatic rings. The Morgan fingerprint density at radius 3 is 2.79 bits per heavy atom. The number of anilines is 1. The lowest BCUT2D eigenvalue weighted by atomic mass is 10.1. The van der Waals surface area contributed by atoms with Crippen LogP contribution in [-0.4, -0.2) is 21.5 Å². The Hall–Kier alpha value is -1.84. The molecule has 1 aliphatic heterocycles. The van der Waals surface area contributed by atoms with Crippen LogP contribution in [0.3, 0.4) is 0 Å². The Labute approximate surface area is 113 Å². The van der Waals surface area contributed by atoms with Crippen LogP contribution in [0.15, 0.2) is 30.3 Å². The molecule has 1 aromatic carbocycles. The van der Waals surface area contributed by atoms with Gasteiger partial charge in [-0.15, -0.1) is 5.10 Å². The van der Waals surface area contributed by atoms with E-state index in [9.17, 15) is 0 Å². The third-order valence-electron chi connectivity index (χ3n) is 4.13. The van der Waals surface area contributed by atoms with Crippen molar-refractivity contribution in [2.75, 3.05) is 11.4 Å². The minimum atomic E-state index is 0.859. The van der Waals surface area contributed by atoms with Crippen molar-refractivity contribution in [3.63, 3.8) is 0 Å². The van der Waals surface area contributed by atoms with Gasteiger partial charge in [-0.05, 0) is 30.9 Å². The second kappa shape index (κ2) is 4.37. The van der Waals surface area contributed by atoms with E-state index in [0.29, 0.717) is 0 Å². The fraction of sp³-hybridized carbons (Fsp3) is 0.467. The highest BCUT2D eigenvalue weighted by Gasteiger charge is 2.27. The van der Waals surface area contributed by atoms with Gasteiger partial charge in [-0.2, -0.15) is 0 Å². The van der Waals surface area contributed by atoms with Crippen LogP contribution in [0.4, 0.5) is 5.69 Å². The third kappa shape index (κ3) is 2.11. The summed E-state index contributed by atoms with van der Waals surface area (Å²) in [5, 5.41) is 8.73. The monoisotopic (exact) mass is 254 g/mol. The zero-order valence-corrected chi connectivity index (χ0v) is 11.0. The molecule has 0 atom stereocenters. The van der Waals surface area contributed by atoms with E-state index in [0.717, 1.165) is 37.7 Å². The molecular weight excluding hydrogens is 236 g/mol. The first-order valence-corrected chi connectivity index (χ1v) is 7.11. The highest BCUT2D eigenvalue weighted by atomic mass is 15.4. The SMILES string of the molecule is c1ccc(N2CCc3c(nnn3CC3CC3)C2)cc1. The Morgan fingerprint density at radius 1 is 1.16 bits per heavy atom. The van der Waals surface area contributed by atoms with Gasteiger partial charge >= 0.3 is 0 Å². The molecule has 1 fully saturated rings. The standard InChI is InChI=1S/C15H18N4/c1-2-4-13(5-3-1)18-9-8-15-14(11-18)16-17-19(15)10-12-6-7-12/h1-5,12H,6-11H2. The molecule has 4 nitrogen and oxygen atoms in total. The molecule has 1 aromatic heterocycles. The molecule has 0 saturated heterocycles. The van der Waals surface area contributed by atoms with Crippen molar-refractivity contribution in [3.8, 4) is 0 Å². The fourth-order valence-corrected chi connectivity index (χ4v) is 2.82. The number of para-hydroxylation sites is 1. The van der Waals surface area contributed by atoms with Crippen molar-refractivity contribution < 1.29 is 0 Å². The average molecular weight is 254 g/mol. The van der Waals surface area contributed by atoms with Crippen LogP contribution in [0, 0.1) is 5.92 Å². The zero-order valence-electron chi connectivity index (χ0n) is 11.0. The molecule has 2 aromatic rings. The predicted molar refractivity (Wildman–Crippen MR) is 73.9 cm³/mol. The van der Waals surface area contributed by atoms with Crippen LogP contribution < -0.4 is 4.90 Å². The predicted octanol–water partition coefficient (Wildman–Crippen LogP) is 2.25. The smallest absolute Gasteiger partial charge is 0.105 e. The van der Waals surface area contributed by atoms with E-state index < -0.39 is 0 Å². The van der Waals surface area contributed by atoms with Crippen LogP contribution in [-0.2, 0) is 19.5 Å². The molecule has 4 rings (SSSR count). The summed E-state index contributed by atoms with van der Waals surface area (Å²) in [6.07, 6.45) is 3.79. The molecular formula is C15H18N4. The van der Waals surface area contributed by atoms with Crippen LogP contribution in [0.2, 0.25) is 0 Å². The Morgan fingerprint density at radius 2 is 2.00 bits per heavy atom. The molecule has 0 spiro atoms. The first kappa shape index (κ1) is 11.0. The molecule has 0 radical (unpaired) electrons. The summed E-state index contributed by atoms with van der Waals surface area (Å²) in [5.74, 6) is 0.859. The summed E-state index contributed by atoms with van der Waals surface area (Å²) in [6.45, 7) is 3.03. The summed E-state index contributed by atoms with van der Waals surface area (Å²) in [4.78, 5) is 2.39. The van der Waals surface area contributed by atoms with Crippen molar-refractivity contribution in [2.24, 2.45) is 5.92 Å². The molecule has 0 N–H and O–H groups in total. The highest BCUT2D eigenvalue weighted by molar-refractivity contribution is 5.47. The van der Waals surface area contributed by atoms with Gasteiger partial charge in [-0.1, -0.05) is 23.4 Å². The number of hydrogen-bond acceptors (Lipinski definition) is 3. The van der Waals surface area contributed by atoms with Gasteiger partial charge in [-0.3, -0.25) is 0 Å². The molecule has 4 heteroatoms. The minimum Gasteiger partial charge on any atom is -0.365 e. The van der Waals surface area contributed by atoms with Gasteiger partial charge in [0.1, 0.15) is 5.69 Å². The van der Waals surface area contributed by atoms with Crippen LogP contribution >= 0.6 is 0 Å². The lowest BCUT2D eigenvalue weighted by molar-refractivity contribution is 0.520. The van der Waals surface area contributed by atoms with Gasteiger partial charge < -0.3 is 4.90 Å². The highest BCUT2D eigenvalue weighted by Crippen LogP contribution is 2.31. The average Bonchev–Trinajstić information content (AvgIpc) is 3.20. The zero-order chi connectivity index (χ0) is 12.7. The maximum atomic E-state index is 4.38. The van der Waals surface area contributed by atoms with Gasteiger partial charge in [0.2, 0.25) is 0 Å². The van der Waals surface area contributed by atoms with Gasteiger partial charge in [0.25, 0.3) is 0 Å². The van der Waals surface area contributed by atoms with Gasteiger partial charge in [0.15, 0.2) is 0 Å². The fourth-order valence-electron chi connectivity index (χ4n) is 2.82. The second-order valence-corrected chi connectivity index (χ2v) is 5.62. The van der Waals surface area contributed by atoms with Gasteiger partial charge in [-0.25, -0.2) is 4.68 Å². The largest absolute Gasteiger partial charge is 0.365 e. The number of hydrogen-bond donors (Lipinski definition) is 0. The molecule has 2 heterocycles. The van der Waals surface area contributed by atoms with E-state index in [2.05, 4.69) is 50.2 Å². The van der Waals surface area contributed by atoms with E-state index in [-0.39, 0.29) is 0 Å². The maximum Gasteiger partial charge on any atom is 0.105 e. The van der Waals surface area contributed by atoms with E-state index in [1.54, 1.807) is 0 Å². The number of benzene rings is 1. The Kier molecular flexibility index (Phi) is 2.53. The van der Waals surface area contributed by atoms with Crippen molar-refractivity contribution in [1.29, 1.82) is 0 Å².